The third-order valence-corrected chi connectivity index (χ3v) is 4.98. The second-order valence-electron chi connectivity index (χ2n) is 5.91. The van der Waals surface area contributed by atoms with Crippen LogP contribution in [-0.4, -0.2) is 41.4 Å². The third kappa shape index (κ3) is 4.00. The molecule has 0 radical (unpaired) electrons. The smallest absolute Gasteiger partial charge is 0.310 e. The first-order chi connectivity index (χ1) is 9.49. The van der Waals surface area contributed by atoms with Crippen molar-refractivity contribution in [2.45, 2.75) is 31.6 Å². The van der Waals surface area contributed by atoms with Gasteiger partial charge in [-0.1, -0.05) is 17.7 Å². The molecule has 1 unspecified atom stereocenters. The van der Waals surface area contributed by atoms with Gasteiger partial charge in [-0.3, -0.25) is 4.79 Å². The summed E-state index contributed by atoms with van der Waals surface area (Å²) >= 11 is 1.84. The first-order valence-electron chi connectivity index (χ1n) is 7.15. The fourth-order valence-electron chi connectivity index (χ4n) is 2.64. The van der Waals surface area contributed by atoms with Crippen LogP contribution in [0, 0.1) is 12.3 Å². The van der Waals surface area contributed by atoms with Gasteiger partial charge in [-0.2, -0.15) is 0 Å². The standard InChI is InChI=1S/C16H23NO2S/c1-13-4-6-14(7-5-13)20-11-10-17-9-3-8-16(2,12-17)15(18)19/h4-7H,3,8-12H2,1-2H3,(H,18,19). The van der Waals surface area contributed by atoms with E-state index in [2.05, 4.69) is 36.1 Å². The number of carbonyl (C=O) groups is 1. The Morgan fingerprint density at radius 3 is 2.75 bits per heavy atom. The van der Waals surface area contributed by atoms with Crippen LogP contribution in [0.5, 0.6) is 0 Å². The molecule has 1 saturated heterocycles. The SMILES string of the molecule is Cc1ccc(SCCN2CCCC(C)(C(=O)O)C2)cc1. The molecule has 1 aromatic carbocycles. The molecule has 1 fully saturated rings. The minimum absolute atomic E-state index is 0.563. The first kappa shape index (κ1) is 15.4. The van der Waals surface area contributed by atoms with E-state index in [-0.39, 0.29) is 0 Å². The van der Waals surface area contributed by atoms with Crippen LogP contribution >= 0.6 is 11.8 Å². The van der Waals surface area contributed by atoms with E-state index in [1.54, 1.807) is 0 Å². The Morgan fingerprint density at radius 1 is 1.40 bits per heavy atom. The molecule has 0 aliphatic carbocycles. The maximum atomic E-state index is 11.3. The van der Waals surface area contributed by atoms with Gasteiger partial charge in [-0.15, -0.1) is 11.8 Å². The van der Waals surface area contributed by atoms with E-state index in [0.717, 1.165) is 31.7 Å². The topological polar surface area (TPSA) is 40.5 Å². The Bertz CT molecular complexity index is 460. The summed E-state index contributed by atoms with van der Waals surface area (Å²) in [6.45, 7) is 6.62. The molecule has 1 aliphatic rings. The summed E-state index contributed by atoms with van der Waals surface area (Å²) in [4.78, 5) is 14.9. The lowest BCUT2D eigenvalue weighted by Gasteiger charge is -2.37. The molecular weight excluding hydrogens is 270 g/mol. The average molecular weight is 293 g/mol. The number of piperidine rings is 1. The highest BCUT2D eigenvalue weighted by Crippen LogP contribution is 2.30. The molecule has 0 saturated carbocycles. The fraction of sp³-hybridized carbons (Fsp3) is 0.562. The van der Waals surface area contributed by atoms with Gasteiger partial charge in [-0.25, -0.2) is 0 Å². The molecule has 1 aromatic rings. The molecule has 1 N–H and O–H groups in total. The number of thioether (sulfide) groups is 1. The first-order valence-corrected chi connectivity index (χ1v) is 8.13. The normalized spacial score (nSPS) is 23.7. The van der Waals surface area contributed by atoms with E-state index >= 15 is 0 Å². The van der Waals surface area contributed by atoms with Crippen LogP contribution in [0.4, 0.5) is 0 Å². The van der Waals surface area contributed by atoms with Gasteiger partial charge in [0, 0.05) is 23.7 Å². The number of carboxylic acid groups (broad SMARTS) is 1. The number of hydrogen-bond donors (Lipinski definition) is 1. The second kappa shape index (κ2) is 6.64. The Hall–Kier alpha value is -1.00. The lowest BCUT2D eigenvalue weighted by molar-refractivity contribution is -0.151. The number of carboxylic acids is 1. The minimum atomic E-state index is -0.659. The number of aliphatic carboxylic acids is 1. The zero-order chi connectivity index (χ0) is 14.6. The molecule has 0 bridgehead atoms. The van der Waals surface area contributed by atoms with Crippen molar-refractivity contribution in [3.05, 3.63) is 29.8 Å². The molecule has 20 heavy (non-hydrogen) atoms. The van der Waals surface area contributed by atoms with Crippen LogP contribution in [0.25, 0.3) is 0 Å². The van der Waals surface area contributed by atoms with Crippen molar-refractivity contribution in [2.24, 2.45) is 5.41 Å². The van der Waals surface area contributed by atoms with Crippen molar-refractivity contribution in [1.82, 2.24) is 4.90 Å². The van der Waals surface area contributed by atoms with E-state index in [1.807, 2.05) is 18.7 Å². The lowest BCUT2D eigenvalue weighted by atomic mass is 9.82. The lowest BCUT2D eigenvalue weighted by Crippen LogP contribution is -2.46. The quantitative estimate of drug-likeness (QED) is 0.846. The molecule has 0 amide bonds. The molecule has 1 aliphatic heterocycles. The van der Waals surface area contributed by atoms with Crippen molar-refractivity contribution in [2.75, 3.05) is 25.4 Å². The Morgan fingerprint density at radius 2 is 2.10 bits per heavy atom. The largest absolute Gasteiger partial charge is 0.481 e. The van der Waals surface area contributed by atoms with E-state index in [1.165, 1.54) is 10.5 Å². The van der Waals surface area contributed by atoms with Gasteiger partial charge in [0.15, 0.2) is 0 Å². The summed E-state index contributed by atoms with van der Waals surface area (Å²) in [5.74, 6) is 0.354. The second-order valence-corrected chi connectivity index (χ2v) is 7.08. The van der Waals surface area contributed by atoms with Crippen molar-refractivity contribution in [1.29, 1.82) is 0 Å². The van der Waals surface area contributed by atoms with Crippen molar-refractivity contribution < 1.29 is 9.90 Å². The van der Waals surface area contributed by atoms with E-state index in [4.69, 9.17) is 0 Å². The van der Waals surface area contributed by atoms with Crippen molar-refractivity contribution >= 4 is 17.7 Å². The van der Waals surface area contributed by atoms with Crippen LogP contribution in [0.1, 0.15) is 25.3 Å². The number of rotatable bonds is 5. The molecule has 3 nitrogen and oxygen atoms in total. The summed E-state index contributed by atoms with van der Waals surface area (Å²) in [5, 5.41) is 9.31. The number of aryl methyl sites for hydroxylation is 1. The van der Waals surface area contributed by atoms with E-state index in [0.29, 0.717) is 6.54 Å². The zero-order valence-corrected chi connectivity index (χ0v) is 13.1. The van der Waals surface area contributed by atoms with Gasteiger partial charge < -0.3 is 10.0 Å². The van der Waals surface area contributed by atoms with Gasteiger partial charge in [0.05, 0.1) is 5.41 Å². The van der Waals surface area contributed by atoms with Crippen LogP contribution in [0.3, 0.4) is 0 Å². The van der Waals surface area contributed by atoms with Crippen molar-refractivity contribution in [3.63, 3.8) is 0 Å². The third-order valence-electron chi connectivity index (χ3n) is 3.99. The molecule has 1 atom stereocenters. The van der Waals surface area contributed by atoms with Crippen LogP contribution in [0.15, 0.2) is 29.2 Å². The van der Waals surface area contributed by atoms with E-state index in [9.17, 15) is 9.90 Å². The van der Waals surface area contributed by atoms with Crippen LogP contribution < -0.4 is 0 Å². The van der Waals surface area contributed by atoms with Gasteiger partial charge in [0.1, 0.15) is 0 Å². The number of likely N-dealkylation sites (tertiary alicyclic amines) is 1. The zero-order valence-electron chi connectivity index (χ0n) is 12.3. The Balaban J connectivity index is 1.79. The van der Waals surface area contributed by atoms with Gasteiger partial charge in [0.2, 0.25) is 0 Å². The average Bonchev–Trinajstić information content (AvgIpc) is 2.41. The van der Waals surface area contributed by atoms with Gasteiger partial charge in [-0.05, 0) is 45.4 Å². The van der Waals surface area contributed by atoms with E-state index < -0.39 is 11.4 Å². The molecule has 0 spiro atoms. The summed E-state index contributed by atoms with van der Waals surface area (Å²) in [6, 6.07) is 8.56. The summed E-state index contributed by atoms with van der Waals surface area (Å²) < 4.78 is 0. The maximum absolute atomic E-state index is 11.3. The summed E-state index contributed by atoms with van der Waals surface area (Å²) in [6.07, 6.45) is 1.78. The highest BCUT2D eigenvalue weighted by molar-refractivity contribution is 7.99. The number of hydrogen-bond acceptors (Lipinski definition) is 3. The molecule has 110 valence electrons. The van der Waals surface area contributed by atoms with Crippen LogP contribution in [-0.2, 0) is 4.79 Å². The van der Waals surface area contributed by atoms with Crippen LogP contribution in [0.2, 0.25) is 0 Å². The van der Waals surface area contributed by atoms with Gasteiger partial charge in [0.25, 0.3) is 0 Å². The predicted octanol–water partition coefficient (Wildman–Crippen LogP) is 3.27. The molecule has 2 rings (SSSR count). The fourth-order valence-corrected chi connectivity index (χ4v) is 3.55. The monoisotopic (exact) mass is 293 g/mol. The van der Waals surface area contributed by atoms with Gasteiger partial charge >= 0.3 is 5.97 Å². The number of nitrogens with zero attached hydrogens (tertiary/aromatic N) is 1. The summed E-state index contributed by atoms with van der Waals surface area (Å²) in [5.41, 5.74) is 0.717. The molecular formula is C16H23NO2S. The Labute approximate surface area is 125 Å². The Kier molecular flexibility index (Phi) is 5.11. The minimum Gasteiger partial charge on any atom is -0.481 e. The number of benzene rings is 1. The molecule has 1 heterocycles. The van der Waals surface area contributed by atoms with Crippen molar-refractivity contribution in [3.8, 4) is 0 Å². The maximum Gasteiger partial charge on any atom is 0.310 e. The highest BCUT2D eigenvalue weighted by atomic mass is 32.2. The predicted molar refractivity (Wildman–Crippen MR) is 83.3 cm³/mol. The summed E-state index contributed by atoms with van der Waals surface area (Å²) in [7, 11) is 0. The molecule has 0 aromatic heterocycles. The highest BCUT2D eigenvalue weighted by Gasteiger charge is 2.37. The molecule has 4 heteroatoms.